The lowest BCUT2D eigenvalue weighted by Crippen LogP contribution is -2.45. The van der Waals surface area contributed by atoms with Crippen LogP contribution in [0.5, 0.6) is 0 Å². The van der Waals surface area contributed by atoms with E-state index in [0.29, 0.717) is 26.1 Å². The molecule has 1 atom stereocenters. The maximum absolute atomic E-state index is 12.4. The molecule has 0 unspecified atom stereocenters. The number of rotatable bonds is 3. The fraction of sp³-hybridized carbons (Fsp3) is 0.714. The second-order valence-electron chi connectivity index (χ2n) is 6.02. The first-order valence-corrected chi connectivity index (χ1v) is 9.33. The number of aromatic nitrogens is 2. The Hall–Kier alpha value is -1.41. The van der Waals surface area contributed by atoms with Crippen molar-refractivity contribution in [3.63, 3.8) is 0 Å². The Labute approximate surface area is 131 Å². The van der Waals surface area contributed by atoms with Gasteiger partial charge in [0.05, 0.1) is 18.3 Å². The van der Waals surface area contributed by atoms with Gasteiger partial charge >= 0.3 is 0 Å². The zero-order valence-electron chi connectivity index (χ0n) is 12.8. The van der Waals surface area contributed by atoms with Crippen molar-refractivity contribution in [2.24, 2.45) is 0 Å². The minimum atomic E-state index is -3.21. The third-order valence-corrected chi connectivity index (χ3v) is 6.42. The van der Waals surface area contributed by atoms with E-state index in [1.807, 2.05) is 13.1 Å². The van der Waals surface area contributed by atoms with Crippen molar-refractivity contribution in [2.75, 3.05) is 31.9 Å². The van der Waals surface area contributed by atoms with E-state index in [0.717, 1.165) is 18.7 Å². The van der Waals surface area contributed by atoms with Crippen LogP contribution in [0.2, 0.25) is 0 Å². The highest BCUT2D eigenvalue weighted by atomic mass is 32.2. The molecule has 1 amide bonds. The molecule has 8 heteroatoms. The summed E-state index contributed by atoms with van der Waals surface area (Å²) in [5, 5.41) is 0. The van der Waals surface area contributed by atoms with Gasteiger partial charge in [0.25, 0.3) is 0 Å². The van der Waals surface area contributed by atoms with Gasteiger partial charge in [0.1, 0.15) is 5.82 Å². The maximum atomic E-state index is 12.4. The predicted molar refractivity (Wildman–Crippen MR) is 81.8 cm³/mol. The average molecular weight is 326 g/mol. The van der Waals surface area contributed by atoms with Crippen molar-refractivity contribution >= 4 is 15.9 Å². The van der Waals surface area contributed by atoms with Gasteiger partial charge in [0.15, 0.2) is 0 Å². The number of amides is 1. The number of sulfonamides is 1. The van der Waals surface area contributed by atoms with E-state index >= 15 is 0 Å². The lowest BCUT2D eigenvalue weighted by Gasteiger charge is -2.34. The number of carbonyl (C=O) groups excluding carboxylic acids is 1. The molecule has 3 rings (SSSR count). The summed E-state index contributed by atoms with van der Waals surface area (Å²) in [6.45, 7) is 3.74. The molecule has 2 aliphatic rings. The summed E-state index contributed by atoms with van der Waals surface area (Å²) in [6.07, 6.45) is 6.28. The molecular weight excluding hydrogens is 304 g/mol. The summed E-state index contributed by atoms with van der Waals surface area (Å²) < 4.78 is 27.1. The molecule has 2 fully saturated rings. The normalized spacial score (nSPS) is 25.5. The van der Waals surface area contributed by atoms with E-state index in [-0.39, 0.29) is 24.2 Å². The van der Waals surface area contributed by atoms with Crippen molar-refractivity contribution in [3.05, 3.63) is 18.2 Å². The van der Waals surface area contributed by atoms with Crippen LogP contribution >= 0.6 is 0 Å². The molecule has 2 saturated heterocycles. The van der Waals surface area contributed by atoms with Gasteiger partial charge in [-0.05, 0) is 26.2 Å². The van der Waals surface area contributed by atoms with Crippen molar-refractivity contribution in [1.82, 2.24) is 18.8 Å². The second kappa shape index (κ2) is 6.00. The SMILES string of the molecule is Cc1nccn1[C@@H]1CCCN(C(=O)CN2CCCS2(=O)=O)C1. The van der Waals surface area contributed by atoms with Crippen LogP contribution in [-0.4, -0.2) is 65.0 Å². The summed E-state index contributed by atoms with van der Waals surface area (Å²) in [5.74, 6) is 1.02. The van der Waals surface area contributed by atoms with E-state index in [4.69, 9.17) is 0 Å². The average Bonchev–Trinajstić information content (AvgIpc) is 3.05. The molecule has 2 aliphatic heterocycles. The summed E-state index contributed by atoms with van der Waals surface area (Å²) in [6, 6.07) is 0.232. The Morgan fingerprint density at radius 1 is 1.36 bits per heavy atom. The lowest BCUT2D eigenvalue weighted by molar-refractivity contribution is -0.133. The number of piperidine rings is 1. The number of likely N-dealkylation sites (tertiary alicyclic amines) is 1. The van der Waals surface area contributed by atoms with Crippen molar-refractivity contribution < 1.29 is 13.2 Å². The van der Waals surface area contributed by atoms with E-state index in [9.17, 15) is 13.2 Å². The molecule has 0 radical (unpaired) electrons. The fourth-order valence-electron chi connectivity index (χ4n) is 3.30. The fourth-order valence-corrected chi connectivity index (χ4v) is 4.77. The number of nitrogens with zero attached hydrogens (tertiary/aromatic N) is 4. The van der Waals surface area contributed by atoms with Crippen LogP contribution in [-0.2, 0) is 14.8 Å². The molecule has 0 saturated carbocycles. The van der Waals surface area contributed by atoms with Gasteiger partial charge in [-0.15, -0.1) is 0 Å². The maximum Gasteiger partial charge on any atom is 0.237 e. The number of hydrogen-bond acceptors (Lipinski definition) is 4. The number of carbonyl (C=O) groups is 1. The van der Waals surface area contributed by atoms with Gasteiger partial charge in [-0.3, -0.25) is 4.79 Å². The molecule has 22 heavy (non-hydrogen) atoms. The first-order valence-electron chi connectivity index (χ1n) is 7.72. The third-order valence-electron chi connectivity index (χ3n) is 4.52. The van der Waals surface area contributed by atoms with Gasteiger partial charge in [0.2, 0.25) is 15.9 Å². The zero-order valence-corrected chi connectivity index (χ0v) is 13.6. The lowest BCUT2D eigenvalue weighted by atomic mass is 10.1. The molecule has 122 valence electrons. The summed E-state index contributed by atoms with van der Waals surface area (Å²) >= 11 is 0. The minimum absolute atomic E-state index is 0.0159. The number of imidazole rings is 1. The van der Waals surface area contributed by atoms with E-state index < -0.39 is 10.0 Å². The van der Waals surface area contributed by atoms with Gasteiger partial charge < -0.3 is 9.47 Å². The molecule has 0 N–H and O–H groups in total. The van der Waals surface area contributed by atoms with Crippen molar-refractivity contribution in [2.45, 2.75) is 32.2 Å². The van der Waals surface area contributed by atoms with Crippen molar-refractivity contribution in [3.8, 4) is 0 Å². The van der Waals surface area contributed by atoms with Crippen molar-refractivity contribution in [1.29, 1.82) is 0 Å². The largest absolute Gasteiger partial charge is 0.339 e. The quantitative estimate of drug-likeness (QED) is 0.805. The molecule has 1 aromatic rings. The monoisotopic (exact) mass is 326 g/mol. The Balaban J connectivity index is 1.64. The number of aryl methyl sites for hydroxylation is 1. The van der Waals surface area contributed by atoms with Gasteiger partial charge in [0, 0.05) is 32.0 Å². The van der Waals surface area contributed by atoms with E-state index in [2.05, 4.69) is 9.55 Å². The zero-order chi connectivity index (χ0) is 15.7. The number of hydrogen-bond donors (Lipinski definition) is 0. The van der Waals surface area contributed by atoms with Crippen LogP contribution in [0.3, 0.4) is 0 Å². The van der Waals surface area contributed by atoms with Crippen LogP contribution in [0.1, 0.15) is 31.1 Å². The molecule has 7 nitrogen and oxygen atoms in total. The highest BCUT2D eigenvalue weighted by Gasteiger charge is 2.32. The summed E-state index contributed by atoms with van der Waals surface area (Å²) in [5.41, 5.74) is 0. The highest BCUT2D eigenvalue weighted by Crippen LogP contribution is 2.23. The van der Waals surface area contributed by atoms with E-state index in [1.54, 1.807) is 11.1 Å². The predicted octanol–water partition coefficient (Wildman–Crippen LogP) is 0.391. The van der Waals surface area contributed by atoms with Crippen LogP contribution in [0.15, 0.2) is 12.4 Å². The molecule has 0 spiro atoms. The molecule has 0 aromatic carbocycles. The smallest absolute Gasteiger partial charge is 0.237 e. The van der Waals surface area contributed by atoms with Gasteiger partial charge in [-0.2, -0.15) is 4.31 Å². The first kappa shape index (κ1) is 15.5. The topological polar surface area (TPSA) is 75.5 Å². The van der Waals surface area contributed by atoms with Crippen LogP contribution in [0, 0.1) is 6.92 Å². The summed E-state index contributed by atoms with van der Waals surface area (Å²) in [7, 11) is -3.21. The molecule has 0 aliphatic carbocycles. The molecule has 0 bridgehead atoms. The third kappa shape index (κ3) is 3.03. The Bertz CT molecular complexity index is 655. The highest BCUT2D eigenvalue weighted by molar-refractivity contribution is 7.89. The van der Waals surface area contributed by atoms with Crippen LogP contribution < -0.4 is 0 Å². The Morgan fingerprint density at radius 3 is 2.82 bits per heavy atom. The van der Waals surface area contributed by atoms with Gasteiger partial charge in [-0.1, -0.05) is 0 Å². The second-order valence-corrected chi connectivity index (χ2v) is 8.11. The minimum Gasteiger partial charge on any atom is -0.339 e. The summed E-state index contributed by atoms with van der Waals surface area (Å²) in [4.78, 5) is 18.5. The molecule has 3 heterocycles. The Morgan fingerprint density at radius 2 is 2.18 bits per heavy atom. The standard InChI is InChI=1S/C14H22N4O3S/c1-12-15-5-8-18(12)13-4-2-6-16(10-13)14(19)11-17-7-3-9-22(17,20)21/h5,8,13H,2-4,6-7,9-11H2,1H3/t13-/m1/s1. The van der Waals surface area contributed by atoms with Crippen LogP contribution in [0.25, 0.3) is 0 Å². The molecule has 1 aromatic heterocycles. The molecular formula is C14H22N4O3S. The van der Waals surface area contributed by atoms with Gasteiger partial charge in [-0.25, -0.2) is 13.4 Å². The first-order chi connectivity index (χ1) is 10.5. The van der Waals surface area contributed by atoms with Crippen LogP contribution in [0.4, 0.5) is 0 Å². The Kier molecular flexibility index (Phi) is 4.22. The van der Waals surface area contributed by atoms with E-state index in [1.165, 1.54) is 4.31 Å².